The molecule has 4 N–H and O–H groups in total. The predicted octanol–water partition coefficient (Wildman–Crippen LogP) is 6.45. The second-order valence-corrected chi connectivity index (χ2v) is 9.97. The molecule has 2 aromatic carbocycles. The zero-order valence-electron chi connectivity index (χ0n) is 22.8. The van der Waals surface area contributed by atoms with Gasteiger partial charge in [-0.2, -0.15) is 0 Å². The number of nitrogens with zero attached hydrogens (tertiary/aromatic N) is 4. The highest BCUT2D eigenvalue weighted by molar-refractivity contribution is 5.85. The van der Waals surface area contributed by atoms with Crippen molar-refractivity contribution >= 4 is 17.4 Å². The summed E-state index contributed by atoms with van der Waals surface area (Å²) in [6.07, 6.45) is 10.5. The average Bonchev–Trinajstić information content (AvgIpc) is 3.42. The van der Waals surface area contributed by atoms with E-state index in [1.807, 2.05) is 48.7 Å². The minimum atomic E-state index is -1.03. The monoisotopic (exact) mass is 550 g/mol. The molecule has 41 heavy (non-hydrogen) atoms. The normalized spacial score (nSPS) is 13.3. The first kappa shape index (κ1) is 27.6. The Hall–Kier alpha value is -4.92. The number of hydrogen-bond acceptors (Lipinski definition) is 6. The second kappa shape index (κ2) is 13.4. The van der Waals surface area contributed by atoms with E-state index >= 15 is 0 Å². The molecule has 1 fully saturated rings. The molecule has 0 radical (unpaired) electrons. The van der Waals surface area contributed by atoms with Crippen LogP contribution in [0.15, 0.2) is 91.4 Å². The zero-order chi connectivity index (χ0) is 28.4. The van der Waals surface area contributed by atoms with Crippen molar-refractivity contribution in [2.75, 3.05) is 5.73 Å². The van der Waals surface area contributed by atoms with Gasteiger partial charge in [0.05, 0.1) is 12.2 Å². The molecule has 210 valence electrons. The summed E-state index contributed by atoms with van der Waals surface area (Å²) in [6.45, 7) is 0.793. The number of hydrogen-bond donors (Lipinski definition) is 3. The van der Waals surface area contributed by atoms with Crippen LogP contribution in [0.25, 0.3) is 16.8 Å². The summed E-state index contributed by atoms with van der Waals surface area (Å²) in [5.74, 6) is 2.90. The number of nitrogens with one attached hydrogen (secondary N) is 1. The third-order valence-corrected chi connectivity index (χ3v) is 7.08. The van der Waals surface area contributed by atoms with Crippen LogP contribution in [-0.2, 0) is 13.2 Å². The third kappa shape index (κ3) is 7.19. The smallest absolute Gasteiger partial charge is 0.404 e. The maximum absolute atomic E-state index is 10.0. The van der Waals surface area contributed by atoms with Crippen molar-refractivity contribution in [3.05, 3.63) is 108 Å². The van der Waals surface area contributed by atoms with Gasteiger partial charge in [0.1, 0.15) is 35.2 Å². The van der Waals surface area contributed by atoms with Crippen LogP contribution in [0.5, 0.6) is 5.75 Å². The molecule has 3 heterocycles. The number of carboxylic acid groups (broad SMARTS) is 1. The van der Waals surface area contributed by atoms with E-state index in [1.54, 1.807) is 24.5 Å². The number of nitrogens with two attached hydrogens (primary N) is 1. The molecule has 1 amide bonds. The first-order valence-electron chi connectivity index (χ1n) is 13.8. The fraction of sp³-hybridized carbons (Fsp3) is 0.250. The van der Waals surface area contributed by atoms with Gasteiger partial charge in [0.15, 0.2) is 0 Å². The zero-order valence-corrected chi connectivity index (χ0v) is 22.8. The van der Waals surface area contributed by atoms with Crippen molar-refractivity contribution in [1.29, 1.82) is 0 Å². The van der Waals surface area contributed by atoms with Crippen LogP contribution < -0.4 is 15.8 Å². The predicted molar refractivity (Wildman–Crippen MR) is 159 cm³/mol. The molecular formula is C32H34N6O3. The Morgan fingerprint density at radius 2 is 1.78 bits per heavy atom. The van der Waals surface area contributed by atoms with Gasteiger partial charge in [-0.15, -0.1) is 0 Å². The molecule has 0 aliphatic heterocycles. The Bertz CT molecular complexity index is 1570. The van der Waals surface area contributed by atoms with Gasteiger partial charge in [-0.1, -0.05) is 67.8 Å². The summed E-state index contributed by atoms with van der Waals surface area (Å²) in [7, 11) is 0. The lowest BCUT2D eigenvalue weighted by molar-refractivity contribution is 0.194. The number of anilines is 1. The van der Waals surface area contributed by atoms with E-state index in [0.29, 0.717) is 18.3 Å². The molecule has 6 rings (SSSR count). The van der Waals surface area contributed by atoms with E-state index in [0.717, 1.165) is 39.6 Å². The SMILES string of the molecule is Nc1nccn2c(C3CCCCC3)nc(-c3cccc(OCc4ccccc4)c3)c12.O=C(O)NCc1ccccn1. The van der Waals surface area contributed by atoms with Crippen molar-refractivity contribution in [2.24, 2.45) is 0 Å². The number of ether oxygens (including phenoxy) is 1. The van der Waals surface area contributed by atoms with E-state index < -0.39 is 6.09 Å². The Labute approximate surface area is 239 Å². The minimum absolute atomic E-state index is 0.260. The molecule has 0 atom stereocenters. The van der Waals surface area contributed by atoms with E-state index in [9.17, 15) is 4.79 Å². The topological polar surface area (TPSA) is 128 Å². The number of imidazole rings is 1. The van der Waals surface area contributed by atoms with Crippen LogP contribution >= 0.6 is 0 Å². The standard InChI is InChI=1S/C25H26N4O.C7H8N2O2/c26-24-23-22(28-25(29(23)15-14-27-24)19-10-5-2-6-11-19)20-12-7-13-21(16-20)30-17-18-8-3-1-4-9-18;10-7(11)9-5-6-3-1-2-4-8-6/h1,3-4,7-9,12-16,19H,2,5-6,10-11,17H2,(H2,26,27);1-4,9H,5H2,(H,10,11). The molecule has 9 nitrogen and oxygen atoms in total. The molecule has 1 saturated carbocycles. The van der Waals surface area contributed by atoms with Crippen molar-refractivity contribution in [2.45, 2.75) is 51.2 Å². The molecule has 0 unspecified atom stereocenters. The van der Waals surface area contributed by atoms with E-state index in [1.165, 1.54) is 32.1 Å². The summed E-state index contributed by atoms with van der Waals surface area (Å²) in [5, 5.41) is 10.5. The van der Waals surface area contributed by atoms with Gasteiger partial charge in [0.2, 0.25) is 0 Å². The fourth-order valence-electron chi connectivity index (χ4n) is 5.08. The Morgan fingerprint density at radius 3 is 2.54 bits per heavy atom. The van der Waals surface area contributed by atoms with E-state index in [2.05, 4.69) is 37.9 Å². The first-order valence-corrected chi connectivity index (χ1v) is 13.8. The Balaban J connectivity index is 0.000000259. The van der Waals surface area contributed by atoms with Crippen LogP contribution in [0, 0.1) is 0 Å². The summed E-state index contributed by atoms with van der Waals surface area (Å²) >= 11 is 0. The highest BCUT2D eigenvalue weighted by Crippen LogP contribution is 2.37. The van der Waals surface area contributed by atoms with Crippen LogP contribution in [-0.4, -0.2) is 30.6 Å². The van der Waals surface area contributed by atoms with Crippen LogP contribution in [0.1, 0.15) is 55.1 Å². The molecule has 0 spiro atoms. The number of rotatable bonds is 7. The lowest BCUT2D eigenvalue weighted by Gasteiger charge is -2.20. The van der Waals surface area contributed by atoms with Gasteiger partial charge in [0.25, 0.3) is 0 Å². The van der Waals surface area contributed by atoms with Gasteiger partial charge in [-0.05, 0) is 42.7 Å². The van der Waals surface area contributed by atoms with Gasteiger partial charge in [-0.25, -0.2) is 14.8 Å². The first-order chi connectivity index (χ1) is 20.1. The molecule has 1 aliphatic carbocycles. The van der Waals surface area contributed by atoms with Crippen LogP contribution in [0.3, 0.4) is 0 Å². The number of fused-ring (bicyclic) bond motifs is 1. The van der Waals surface area contributed by atoms with Crippen molar-refractivity contribution in [1.82, 2.24) is 24.7 Å². The number of nitrogen functional groups attached to an aromatic ring is 1. The summed E-state index contributed by atoms with van der Waals surface area (Å²) in [5.41, 5.74) is 10.9. The van der Waals surface area contributed by atoms with Gasteiger partial charge < -0.3 is 20.9 Å². The van der Waals surface area contributed by atoms with Crippen molar-refractivity contribution in [3.63, 3.8) is 0 Å². The number of amides is 1. The Kier molecular flexibility index (Phi) is 9.05. The summed E-state index contributed by atoms with van der Waals surface area (Å²) in [6, 6.07) is 23.6. The molecule has 9 heteroatoms. The molecule has 3 aromatic heterocycles. The maximum atomic E-state index is 10.0. The van der Waals surface area contributed by atoms with Crippen LogP contribution in [0.4, 0.5) is 10.6 Å². The molecule has 0 saturated heterocycles. The number of benzene rings is 2. The quantitative estimate of drug-likeness (QED) is 0.212. The fourth-order valence-corrected chi connectivity index (χ4v) is 5.08. The summed E-state index contributed by atoms with van der Waals surface area (Å²) < 4.78 is 8.18. The van der Waals surface area contributed by atoms with Gasteiger partial charge >= 0.3 is 6.09 Å². The van der Waals surface area contributed by atoms with Crippen LogP contribution in [0.2, 0.25) is 0 Å². The second-order valence-electron chi connectivity index (χ2n) is 9.97. The largest absolute Gasteiger partial charge is 0.489 e. The van der Waals surface area contributed by atoms with Gasteiger partial charge in [-0.3, -0.25) is 9.38 Å². The molecule has 5 aromatic rings. The number of pyridine rings is 1. The molecule has 0 bridgehead atoms. The average molecular weight is 551 g/mol. The van der Waals surface area contributed by atoms with E-state index in [-0.39, 0.29) is 6.54 Å². The van der Waals surface area contributed by atoms with Gasteiger partial charge in [0, 0.05) is 30.1 Å². The van der Waals surface area contributed by atoms with E-state index in [4.69, 9.17) is 20.6 Å². The van der Waals surface area contributed by atoms with Crippen molar-refractivity contribution in [3.8, 4) is 17.0 Å². The highest BCUT2D eigenvalue weighted by atomic mass is 16.5. The number of carbonyl (C=O) groups is 1. The molecular weight excluding hydrogens is 516 g/mol. The lowest BCUT2D eigenvalue weighted by Crippen LogP contribution is -2.20. The Morgan fingerprint density at radius 1 is 0.976 bits per heavy atom. The maximum Gasteiger partial charge on any atom is 0.404 e. The van der Waals surface area contributed by atoms with Crippen molar-refractivity contribution < 1.29 is 14.6 Å². The third-order valence-electron chi connectivity index (χ3n) is 7.08. The molecule has 1 aliphatic rings. The summed E-state index contributed by atoms with van der Waals surface area (Å²) in [4.78, 5) is 23.4. The minimum Gasteiger partial charge on any atom is -0.489 e. The highest BCUT2D eigenvalue weighted by Gasteiger charge is 2.24. The lowest BCUT2D eigenvalue weighted by atomic mass is 9.89. The number of aromatic nitrogens is 4.